The lowest BCUT2D eigenvalue weighted by molar-refractivity contribution is -0.0388. The summed E-state index contributed by atoms with van der Waals surface area (Å²) in [4.78, 5) is 0. The topological polar surface area (TPSA) is 41.5 Å². The maximum atomic E-state index is 14.2. The van der Waals surface area contributed by atoms with E-state index in [4.69, 9.17) is 4.74 Å². The summed E-state index contributed by atoms with van der Waals surface area (Å²) in [6.45, 7) is 0. The van der Waals surface area contributed by atoms with Gasteiger partial charge in [-0.1, -0.05) is 6.42 Å². The number of hydrogen-bond donors (Lipinski definition) is 2. The molecule has 2 N–H and O–H groups in total. The van der Waals surface area contributed by atoms with Crippen molar-refractivity contribution in [1.82, 2.24) is 5.32 Å². The van der Waals surface area contributed by atoms with Crippen LogP contribution in [-0.2, 0) is 5.60 Å². The third-order valence-corrected chi connectivity index (χ3v) is 4.51. The Hall–Kier alpha value is -1.20. The first kappa shape index (κ1) is 13.8. The second-order valence-corrected chi connectivity index (χ2v) is 5.87. The van der Waals surface area contributed by atoms with Gasteiger partial charge in [0, 0.05) is 17.6 Å². The SMILES string of the molecule is COc1ccc(C2(O)CC3CCCC(C2)N3)c(F)c1F. The zero-order valence-corrected chi connectivity index (χ0v) is 11.5. The Morgan fingerprint density at radius 3 is 2.45 bits per heavy atom. The van der Waals surface area contributed by atoms with Gasteiger partial charge in [0.05, 0.1) is 12.7 Å². The molecule has 0 spiro atoms. The molecule has 0 saturated carbocycles. The molecule has 2 aliphatic rings. The Balaban J connectivity index is 1.97. The van der Waals surface area contributed by atoms with Crippen LogP contribution >= 0.6 is 0 Å². The lowest BCUT2D eigenvalue weighted by Crippen LogP contribution is -2.54. The minimum absolute atomic E-state index is 0.0502. The fourth-order valence-corrected chi connectivity index (χ4v) is 3.60. The van der Waals surface area contributed by atoms with Crippen molar-refractivity contribution in [3.8, 4) is 5.75 Å². The van der Waals surface area contributed by atoms with E-state index in [9.17, 15) is 13.9 Å². The van der Waals surface area contributed by atoms with E-state index < -0.39 is 17.2 Å². The predicted octanol–water partition coefficient (Wildman–Crippen LogP) is 2.47. The number of piperidine rings is 2. The minimum Gasteiger partial charge on any atom is -0.494 e. The minimum atomic E-state index is -1.29. The van der Waals surface area contributed by atoms with Crippen molar-refractivity contribution in [3.63, 3.8) is 0 Å². The smallest absolute Gasteiger partial charge is 0.200 e. The average Bonchev–Trinajstić information content (AvgIpc) is 2.41. The van der Waals surface area contributed by atoms with E-state index in [1.807, 2.05) is 0 Å². The van der Waals surface area contributed by atoms with Crippen molar-refractivity contribution >= 4 is 0 Å². The Labute approximate surface area is 116 Å². The summed E-state index contributed by atoms with van der Waals surface area (Å²) in [7, 11) is 1.29. The first-order chi connectivity index (χ1) is 9.53. The molecule has 1 aromatic rings. The lowest BCUT2D eigenvalue weighted by Gasteiger charge is -2.45. The van der Waals surface area contributed by atoms with Crippen molar-refractivity contribution < 1.29 is 18.6 Å². The molecule has 2 fully saturated rings. The second kappa shape index (κ2) is 4.97. The molecule has 2 bridgehead atoms. The van der Waals surface area contributed by atoms with Gasteiger partial charge in [0.1, 0.15) is 0 Å². The number of methoxy groups -OCH3 is 1. The summed E-state index contributed by atoms with van der Waals surface area (Å²) in [5, 5.41) is 14.3. The summed E-state index contributed by atoms with van der Waals surface area (Å²) in [5.74, 6) is -2.15. The highest BCUT2D eigenvalue weighted by Gasteiger charge is 2.43. The van der Waals surface area contributed by atoms with E-state index in [0.29, 0.717) is 12.8 Å². The molecular formula is C15H19F2NO2. The van der Waals surface area contributed by atoms with Gasteiger partial charge in [-0.3, -0.25) is 0 Å². The van der Waals surface area contributed by atoms with Crippen LogP contribution in [0.2, 0.25) is 0 Å². The van der Waals surface area contributed by atoms with Crippen LogP contribution in [0.5, 0.6) is 5.75 Å². The van der Waals surface area contributed by atoms with Crippen molar-refractivity contribution in [2.45, 2.75) is 49.8 Å². The molecular weight excluding hydrogens is 264 g/mol. The largest absolute Gasteiger partial charge is 0.494 e. The van der Waals surface area contributed by atoms with Gasteiger partial charge >= 0.3 is 0 Å². The molecule has 1 aromatic carbocycles. The van der Waals surface area contributed by atoms with Gasteiger partial charge in [-0.05, 0) is 37.8 Å². The zero-order chi connectivity index (χ0) is 14.3. The average molecular weight is 283 g/mol. The van der Waals surface area contributed by atoms with Crippen molar-refractivity contribution in [2.75, 3.05) is 7.11 Å². The summed E-state index contributed by atoms with van der Waals surface area (Å²) < 4.78 is 32.8. The number of aliphatic hydroxyl groups is 1. The molecule has 0 aromatic heterocycles. The van der Waals surface area contributed by atoms with Crippen LogP contribution in [0.1, 0.15) is 37.7 Å². The van der Waals surface area contributed by atoms with Crippen molar-refractivity contribution in [1.29, 1.82) is 0 Å². The Morgan fingerprint density at radius 2 is 1.85 bits per heavy atom. The highest BCUT2D eigenvalue weighted by molar-refractivity contribution is 5.35. The third kappa shape index (κ3) is 2.19. The molecule has 3 rings (SSSR count). The van der Waals surface area contributed by atoms with Crippen LogP contribution in [-0.4, -0.2) is 24.3 Å². The maximum Gasteiger partial charge on any atom is 0.200 e. The van der Waals surface area contributed by atoms with Gasteiger partial charge in [-0.15, -0.1) is 0 Å². The van der Waals surface area contributed by atoms with Gasteiger partial charge in [0.25, 0.3) is 0 Å². The number of fused-ring (bicyclic) bond motifs is 2. The maximum absolute atomic E-state index is 14.2. The van der Waals surface area contributed by atoms with Gasteiger partial charge < -0.3 is 15.2 Å². The van der Waals surface area contributed by atoms with Crippen LogP contribution in [0.4, 0.5) is 8.78 Å². The molecule has 2 heterocycles. The van der Waals surface area contributed by atoms with Crippen LogP contribution in [0.25, 0.3) is 0 Å². The van der Waals surface area contributed by atoms with Gasteiger partial charge in [0.15, 0.2) is 11.6 Å². The number of nitrogens with one attached hydrogen (secondary N) is 1. The van der Waals surface area contributed by atoms with E-state index in [1.54, 1.807) is 0 Å². The van der Waals surface area contributed by atoms with Crippen molar-refractivity contribution in [2.24, 2.45) is 0 Å². The van der Waals surface area contributed by atoms with E-state index >= 15 is 0 Å². The molecule has 2 atom stereocenters. The predicted molar refractivity (Wildman–Crippen MR) is 70.6 cm³/mol. The normalized spacial score (nSPS) is 33.0. The molecule has 110 valence electrons. The number of rotatable bonds is 2. The summed E-state index contributed by atoms with van der Waals surface area (Å²) >= 11 is 0. The summed E-state index contributed by atoms with van der Waals surface area (Å²) in [6.07, 6.45) is 3.91. The molecule has 2 saturated heterocycles. The molecule has 0 amide bonds. The van der Waals surface area contributed by atoms with Crippen LogP contribution in [0, 0.1) is 11.6 Å². The first-order valence-electron chi connectivity index (χ1n) is 7.04. The fraction of sp³-hybridized carbons (Fsp3) is 0.600. The fourth-order valence-electron chi connectivity index (χ4n) is 3.60. The molecule has 20 heavy (non-hydrogen) atoms. The van der Waals surface area contributed by atoms with Gasteiger partial charge in [0.2, 0.25) is 5.82 Å². The van der Waals surface area contributed by atoms with Crippen molar-refractivity contribution in [3.05, 3.63) is 29.3 Å². The Morgan fingerprint density at radius 1 is 1.20 bits per heavy atom. The Kier molecular flexibility index (Phi) is 3.42. The number of benzene rings is 1. The van der Waals surface area contributed by atoms with Crippen LogP contribution < -0.4 is 10.1 Å². The van der Waals surface area contributed by atoms with Gasteiger partial charge in [-0.2, -0.15) is 4.39 Å². The summed E-state index contributed by atoms with van der Waals surface area (Å²) in [6, 6.07) is 3.18. The van der Waals surface area contributed by atoms with E-state index in [1.165, 1.54) is 19.2 Å². The number of ether oxygens (including phenoxy) is 1. The molecule has 3 nitrogen and oxygen atoms in total. The quantitative estimate of drug-likeness (QED) is 0.876. The summed E-state index contributed by atoms with van der Waals surface area (Å²) in [5.41, 5.74) is -1.24. The zero-order valence-electron chi connectivity index (χ0n) is 11.5. The van der Waals surface area contributed by atoms with Gasteiger partial charge in [-0.25, -0.2) is 4.39 Å². The highest BCUT2D eigenvalue weighted by Crippen LogP contribution is 2.41. The molecule has 2 aliphatic heterocycles. The van der Waals surface area contributed by atoms with Crippen LogP contribution in [0.15, 0.2) is 12.1 Å². The Bertz CT molecular complexity index is 509. The first-order valence-corrected chi connectivity index (χ1v) is 7.04. The number of hydrogen-bond acceptors (Lipinski definition) is 3. The molecule has 5 heteroatoms. The number of halogens is 2. The molecule has 2 unspecified atom stereocenters. The second-order valence-electron chi connectivity index (χ2n) is 5.87. The molecule has 0 aliphatic carbocycles. The lowest BCUT2D eigenvalue weighted by atomic mass is 9.74. The highest BCUT2D eigenvalue weighted by atomic mass is 19.2. The molecule has 0 radical (unpaired) electrons. The van der Waals surface area contributed by atoms with E-state index in [-0.39, 0.29) is 23.4 Å². The van der Waals surface area contributed by atoms with E-state index in [0.717, 1.165) is 19.3 Å². The van der Waals surface area contributed by atoms with Crippen LogP contribution in [0.3, 0.4) is 0 Å². The van der Waals surface area contributed by atoms with E-state index in [2.05, 4.69) is 5.32 Å². The monoisotopic (exact) mass is 283 g/mol. The third-order valence-electron chi connectivity index (χ3n) is 4.51. The standard InChI is InChI=1S/C15H19F2NO2/c1-20-12-6-5-11(13(16)14(12)17)15(19)7-9-3-2-4-10(8-15)18-9/h5-6,9-10,18-19H,2-4,7-8H2,1H3.